The predicted octanol–water partition coefficient (Wildman–Crippen LogP) is 10.8. The molecule has 1 atom stereocenters. The molecule has 0 bridgehead atoms. The van der Waals surface area contributed by atoms with Gasteiger partial charge in [0.25, 0.3) is 0 Å². The maximum absolute atomic E-state index is 3.53. The molecule has 3 heteroatoms. The fourth-order valence-corrected chi connectivity index (χ4v) is 5.61. The zero-order chi connectivity index (χ0) is 29.9. The molecule has 6 rings (SSSR count). The van der Waals surface area contributed by atoms with Crippen LogP contribution in [0, 0.1) is 40.7 Å². The summed E-state index contributed by atoms with van der Waals surface area (Å²) in [5.74, 6) is 0.539. The molecule has 0 amide bonds. The molecule has 2 radical (unpaired) electrons. The number of para-hydroxylation sites is 1. The van der Waals surface area contributed by atoms with Crippen molar-refractivity contribution in [3.63, 3.8) is 0 Å². The van der Waals surface area contributed by atoms with Crippen molar-refractivity contribution in [1.82, 2.24) is 0 Å². The van der Waals surface area contributed by atoms with Crippen LogP contribution < -0.4 is 4.90 Å². The summed E-state index contributed by atoms with van der Waals surface area (Å²) in [5.41, 5.74) is 12.1. The topological polar surface area (TPSA) is 3.24 Å². The average Bonchev–Trinajstić information content (AvgIpc) is 3.63. The van der Waals surface area contributed by atoms with Crippen molar-refractivity contribution in [2.75, 3.05) is 4.90 Å². The Balaban J connectivity index is 0.000000274. The SMILES string of the molecule is CC(C)C1=[C-]C2=CC(C)N(c3ccccc3)C2=C1.Cc1cc2c(-c3ccc(C(C)(C)C)cc3)ccc(C)c2[cH-]1.[CH3-].[CH3-].[Si]=[Zr]. The molecule has 1 nitrogen and oxygen atoms in total. The van der Waals surface area contributed by atoms with E-state index in [1.807, 2.05) is 0 Å². The summed E-state index contributed by atoms with van der Waals surface area (Å²) in [4.78, 5) is 2.39. The summed E-state index contributed by atoms with van der Waals surface area (Å²) < 4.78 is 0. The van der Waals surface area contributed by atoms with Crippen LogP contribution in [0.25, 0.3) is 21.9 Å². The van der Waals surface area contributed by atoms with E-state index in [1.165, 1.54) is 84.5 Å². The van der Waals surface area contributed by atoms with Gasteiger partial charge in [0.15, 0.2) is 0 Å². The molecular weight excluding hydrogens is 614 g/mol. The van der Waals surface area contributed by atoms with Crippen molar-refractivity contribution >= 4 is 23.3 Å². The molecule has 43 heavy (non-hydrogen) atoms. The first-order valence-corrected chi connectivity index (χ1v) is 18.7. The van der Waals surface area contributed by atoms with Gasteiger partial charge in [-0.1, -0.05) is 108 Å². The molecule has 4 aromatic rings. The zero-order valence-electron chi connectivity index (χ0n) is 27.8. The second kappa shape index (κ2) is 15.4. The van der Waals surface area contributed by atoms with Crippen LogP contribution in [0.5, 0.6) is 0 Å². The van der Waals surface area contributed by atoms with Crippen LogP contribution in [0.1, 0.15) is 58.2 Å². The van der Waals surface area contributed by atoms with E-state index in [-0.39, 0.29) is 20.3 Å². The third-order valence-corrected chi connectivity index (χ3v) is 7.89. The van der Waals surface area contributed by atoms with Crippen molar-refractivity contribution in [3.8, 4) is 11.1 Å². The fourth-order valence-electron chi connectivity index (χ4n) is 5.61. The maximum atomic E-state index is 3.53. The van der Waals surface area contributed by atoms with E-state index >= 15 is 0 Å². The average molecular weight is 661 g/mol. The fraction of sp³-hybridized carbons (Fsp3) is 0.275. The second-order valence-corrected chi connectivity index (χ2v) is 12.4. The van der Waals surface area contributed by atoms with Crippen molar-refractivity contribution in [2.45, 2.75) is 66.8 Å². The molecule has 1 aliphatic heterocycles. The zero-order valence-corrected chi connectivity index (χ0v) is 31.2. The van der Waals surface area contributed by atoms with Gasteiger partial charge in [0, 0.05) is 11.7 Å². The molecular formula is C40H47NSiZr-4. The Bertz CT molecular complexity index is 1590. The minimum atomic E-state index is 0. The number of rotatable bonds is 3. The number of anilines is 1. The quantitative estimate of drug-likeness (QED) is 0.156. The van der Waals surface area contributed by atoms with Gasteiger partial charge in [0.1, 0.15) is 0 Å². The number of benzene rings is 3. The molecule has 1 heterocycles. The first-order chi connectivity index (χ1) is 19.5. The molecule has 4 aromatic carbocycles. The van der Waals surface area contributed by atoms with Gasteiger partial charge >= 0.3 is 30.2 Å². The Hall–Kier alpha value is -2.61. The Morgan fingerprint density at radius 1 is 0.907 bits per heavy atom. The van der Waals surface area contributed by atoms with Crippen LogP contribution in [-0.4, -0.2) is 12.9 Å². The van der Waals surface area contributed by atoms with E-state index in [1.54, 1.807) is 0 Å². The van der Waals surface area contributed by atoms with Gasteiger partial charge in [-0.25, -0.2) is 0 Å². The van der Waals surface area contributed by atoms with Gasteiger partial charge in [0.2, 0.25) is 0 Å². The normalized spacial score (nSPS) is 15.1. The van der Waals surface area contributed by atoms with Crippen LogP contribution in [0.3, 0.4) is 0 Å². The number of aryl methyl sites for hydroxylation is 2. The van der Waals surface area contributed by atoms with Crippen molar-refractivity contribution < 1.29 is 23.3 Å². The summed E-state index contributed by atoms with van der Waals surface area (Å²) in [7, 11) is 0. The van der Waals surface area contributed by atoms with E-state index in [9.17, 15) is 0 Å². The summed E-state index contributed by atoms with van der Waals surface area (Å²) in [6, 6.07) is 29.1. The Morgan fingerprint density at radius 3 is 2.12 bits per heavy atom. The molecule has 1 aliphatic carbocycles. The molecule has 0 fully saturated rings. The van der Waals surface area contributed by atoms with Gasteiger partial charge in [-0.15, -0.1) is 63.4 Å². The standard InChI is InChI=1S/C21H23.C17H18N.2CH3.Si.Zr/c1-14-12-19-15(2)6-11-18(20(19)13-14)16-7-9-17(10-8-16)21(3,4)5;1-12(2)14-10-15-9-13(3)18(17(15)11-14)16-7-5-4-6-8-16;;;;/h6-13H,1-5H3;4-9,11-13H,1-3H3;2*1H3;;/q4*-1;;. The molecule has 0 saturated carbocycles. The molecule has 0 spiro atoms. The molecule has 0 N–H and O–H groups in total. The van der Waals surface area contributed by atoms with Crippen LogP contribution in [-0.2, 0) is 28.8 Å². The number of allylic oxidation sites excluding steroid dienone is 3. The number of hydrogen-bond donors (Lipinski definition) is 0. The first-order valence-electron chi connectivity index (χ1n) is 14.5. The van der Waals surface area contributed by atoms with Crippen molar-refractivity contribution in [1.29, 1.82) is 0 Å². The Kier molecular flexibility index (Phi) is 13.1. The summed E-state index contributed by atoms with van der Waals surface area (Å²) in [5, 5.41) is 2.75. The Morgan fingerprint density at radius 2 is 1.53 bits per heavy atom. The van der Waals surface area contributed by atoms with Crippen LogP contribution in [0.15, 0.2) is 108 Å². The molecule has 1 unspecified atom stereocenters. The Labute approximate surface area is 279 Å². The summed E-state index contributed by atoms with van der Waals surface area (Å²) in [6.45, 7) is 20.9. The van der Waals surface area contributed by atoms with Gasteiger partial charge in [0.05, 0.1) is 0 Å². The van der Waals surface area contributed by atoms with Gasteiger partial charge in [-0.05, 0) is 41.5 Å². The van der Waals surface area contributed by atoms with Crippen LogP contribution >= 0.6 is 0 Å². The third-order valence-electron chi connectivity index (χ3n) is 7.89. The van der Waals surface area contributed by atoms with Gasteiger partial charge in [-0.2, -0.15) is 6.07 Å². The summed E-state index contributed by atoms with van der Waals surface area (Å²) >= 11 is 1.36. The van der Waals surface area contributed by atoms with E-state index in [0.717, 1.165) is 0 Å². The second-order valence-electron chi connectivity index (χ2n) is 12.4. The van der Waals surface area contributed by atoms with Gasteiger partial charge < -0.3 is 19.8 Å². The van der Waals surface area contributed by atoms with E-state index < -0.39 is 0 Å². The van der Waals surface area contributed by atoms with E-state index in [4.69, 9.17) is 0 Å². The minimum absolute atomic E-state index is 0. The molecule has 0 aromatic heterocycles. The molecule has 224 valence electrons. The van der Waals surface area contributed by atoms with Gasteiger partial charge in [-0.3, -0.25) is 0 Å². The molecule has 0 saturated heterocycles. The summed E-state index contributed by atoms with van der Waals surface area (Å²) in [6.07, 6.45) is 8.11. The van der Waals surface area contributed by atoms with E-state index in [2.05, 4.69) is 164 Å². The van der Waals surface area contributed by atoms with E-state index in [0.29, 0.717) is 12.0 Å². The number of nitrogens with zero attached hydrogens (tertiary/aromatic N) is 1. The monoisotopic (exact) mass is 659 g/mol. The van der Waals surface area contributed by atoms with Crippen molar-refractivity contribution in [3.05, 3.63) is 145 Å². The predicted molar refractivity (Wildman–Crippen MR) is 188 cm³/mol. The third kappa shape index (κ3) is 8.11. The first kappa shape index (κ1) is 36.6. The molecule has 2 aliphatic rings. The number of hydrogen-bond acceptors (Lipinski definition) is 1. The number of fused-ring (bicyclic) bond motifs is 2. The van der Waals surface area contributed by atoms with Crippen LogP contribution in [0.4, 0.5) is 5.69 Å². The van der Waals surface area contributed by atoms with Crippen LogP contribution in [0.2, 0.25) is 0 Å². The van der Waals surface area contributed by atoms with Crippen molar-refractivity contribution in [2.24, 2.45) is 5.92 Å².